The number of hydrogen-bond donors (Lipinski definition) is 6. The summed E-state index contributed by atoms with van der Waals surface area (Å²) in [5.74, 6) is -3.48. The van der Waals surface area contributed by atoms with Gasteiger partial charge >= 0.3 is 35.5 Å². The molecule has 0 aliphatic heterocycles. The van der Waals surface area contributed by atoms with Crippen molar-refractivity contribution in [2.24, 2.45) is 0 Å². The summed E-state index contributed by atoms with van der Waals surface area (Å²) in [6.45, 7) is 12.7. The summed E-state index contributed by atoms with van der Waals surface area (Å²) in [5, 5.41) is 63.7. The number of halogens is 2. The van der Waals surface area contributed by atoms with Gasteiger partial charge in [-0.3, -0.25) is 14.6 Å². The smallest absolute Gasteiger partial charge is 0.550 e. The molecule has 6 rings (SSSR count). The van der Waals surface area contributed by atoms with E-state index in [1.807, 2.05) is 92.9 Å². The third-order valence-corrected chi connectivity index (χ3v) is 12.2. The van der Waals surface area contributed by atoms with Gasteiger partial charge in [-0.15, -0.1) is 0 Å². The largest absolute Gasteiger partial charge is 1.00 e. The molecule has 16 heteroatoms. The number of pyridine rings is 1. The number of rotatable bonds is 23. The third-order valence-electron chi connectivity index (χ3n) is 12.2. The molecule has 0 saturated carbocycles. The number of carboxylic acids is 2. The molecule has 0 fully saturated rings. The molecule has 6 N–H and O–H groups in total. The molecular formula is C59H68F2N3NaO10. The number of aliphatic hydroxyl groups is 4. The summed E-state index contributed by atoms with van der Waals surface area (Å²) in [6.07, 6.45) is -2.24. The SMILES string of the molecule is CC(C)c1c(C(=O)Nc2ccccc2)c(-c2ccccc2)c(-c2ccc(F)cc2)n1CC[C@@H](O)C[C@@H](O)CC(=O)O.COCc1c(C(C)C)nc(C(C)C)c(/C=C/[C@@H](O)C[C@@H](O)CC(=O)[O-])c1-c1ccc(F)cc1.[Na+]. The molecule has 394 valence electrons. The third kappa shape index (κ3) is 17.3. The van der Waals surface area contributed by atoms with Gasteiger partial charge in [-0.1, -0.05) is 114 Å². The number of aromatic nitrogens is 2. The van der Waals surface area contributed by atoms with Crippen LogP contribution in [0.15, 0.2) is 115 Å². The number of carbonyl (C=O) groups excluding carboxylic acids is 2. The number of carboxylic acid groups (broad SMARTS) is 2. The van der Waals surface area contributed by atoms with Gasteiger partial charge in [0.15, 0.2) is 0 Å². The molecule has 1 amide bonds. The van der Waals surface area contributed by atoms with Crippen LogP contribution < -0.4 is 40.0 Å². The Labute approximate surface area is 460 Å². The number of methoxy groups -OCH3 is 1. The monoisotopic (exact) mass is 1040 g/mol. The van der Waals surface area contributed by atoms with Crippen LogP contribution in [0.4, 0.5) is 14.5 Å². The van der Waals surface area contributed by atoms with E-state index in [0.29, 0.717) is 34.7 Å². The van der Waals surface area contributed by atoms with E-state index in [1.54, 1.807) is 37.5 Å². The van der Waals surface area contributed by atoms with Crippen molar-refractivity contribution in [1.29, 1.82) is 0 Å². The number of aliphatic hydroxyl groups excluding tert-OH is 4. The minimum Gasteiger partial charge on any atom is -0.550 e. The Bertz CT molecular complexity index is 2820. The van der Waals surface area contributed by atoms with E-state index < -0.39 is 49.2 Å². The minimum atomic E-state index is -1.38. The molecule has 2 aromatic heterocycles. The van der Waals surface area contributed by atoms with Crippen LogP contribution in [0.2, 0.25) is 0 Å². The van der Waals surface area contributed by atoms with Crippen LogP contribution in [0.5, 0.6) is 0 Å². The van der Waals surface area contributed by atoms with Gasteiger partial charge in [0, 0.05) is 66.2 Å². The van der Waals surface area contributed by atoms with E-state index in [-0.39, 0.29) is 90.7 Å². The predicted molar refractivity (Wildman–Crippen MR) is 281 cm³/mol. The minimum absolute atomic E-state index is 0. The van der Waals surface area contributed by atoms with Crippen molar-refractivity contribution in [1.82, 2.24) is 9.55 Å². The van der Waals surface area contributed by atoms with Gasteiger partial charge in [-0.25, -0.2) is 8.78 Å². The molecule has 0 spiro atoms. The van der Waals surface area contributed by atoms with Crippen LogP contribution in [0, 0.1) is 11.6 Å². The first-order valence-corrected chi connectivity index (χ1v) is 24.8. The average Bonchev–Trinajstić information content (AvgIpc) is 3.69. The summed E-state index contributed by atoms with van der Waals surface area (Å²) >= 11 is 0. The zero-order chi connectivity index (χ0) is 54.2. The van der Waals surface area contributed by atoms with E-state index in [9.17, 15) is 48.7 Å². The average molecular weight is 1040 g/mol. The van der Waals surface area contributed by atoms with Crippen LogP contribution >= 0.6 is 0 Å². The standard InChI is InChI=1S/C33H35FN2O5.C26H34FNO5.Na/c1-21(2)31-30(33(41)35-25-11-7-4-8-12-25)29(22-9-5-3-6-10-22)32(23-13-15-24(34)16-14-23)36(31)18-17-26(37)19-27(38)20-28(39)40;1-15(2)25-21(11-10-19(29)12-20(30)13-23(31)32)24(17-6-8-18(27)9-7-17)22(14-33-5)26(28-25)16(3)4;/h3-16,21,26-27,37-38H,17-20H2,1-2H3,(H,35,41)(H,39,40);6-11,15-16,19-20,29-30H,12-14H2,1-5H3,(H,31,32);/q;;+1/p-1/b;11-10+;/t26-,27-;19-,20-;/m11./s1. The fraction of sp³-hybridized carbons (Fsp3) is 0.356. The second kappa shape index (κ2) is 29.4. The summed E-state index contributed by atoms with van der Waals surface area (Å²) in [7, 11) is 1.60. The Morgan fingerprint density at radius 2 is 1.23 bits per heavy atom. The Hall–Kier alpha value is -5.88. The van der Waals surface area contributed by atoms with Crippen molar-refractivity contribution in [2.45, 2.75) is 129 Å². The van der Waals surface area contributed by atoms with E-state index in [0.717, 1.165) is 44.9 Å². The van der Waals surface area contributed by atoms with Crippen molar-refractivity contribution in [3.8, 4) is 33.5 Å². The maximum atomic E-state index is 14.0. The summed E-state index contributed by atoms with van der Waals surface area (Å²) in [5.41, 5.74) is 9.77. The summed E-state index contributed by atoms with van der Waals surface area (Å²) in [4.78, 5) is 40.7. The number of benzene rings is 4. The maximum Gasteiger partial charge on any atom is 1.00 e. The molecule has 0 saturated heterocycles. The van der Waals surface area contributed by atoms with Gasteiger partial charge in [0.1, 0.15) is 11.6 Å². The van der Waals surface area contributed by atoms with Crippen molar-refractivity contribution in [3.63, 3.8) is 0 Å². The van der Waals surface area contributed by atoms with Crippen LogP contribution in [-0.4, -0.2) is 84.5 Å². The molecule has 0 unspecified atom stereocenters. The number of nitrogens with one attached hydrogen (secondary N) is 1. The molecule has 2 heterocycles. The zero-order valence-electron chi connectivity index (χ0n) is 44.0. The second-order valence-corrected chi connectivity index (χ2v) is 19.2. The fourth-order valence-corrected chi connectivity index (χ4v) is 9.04. The van der Waals surface area contributed by atoms with Gasteiger partial charge in [-0.05, 0) is 101 Å². The normalized spacial score (nSPS) is 13.0. The fourth-order valence-electron chi connectivity index (χ4n) is 9.04. The van der Waals surface area contributed by atoms with Crippen molar-refractivity contribution >= 4 is 29.6 Å². The molecule has 4 atom stereocenters. The molecule has 13 nitrogen and oxygen atoms in total. The number of anilines is 1. The molecule has 0 aliphatic rings. The predicted octanol–water partition coefficient (Wildman–Crippen LogP) is 6.86. The maximum absolute atomic E-state index is 14.0. The Kier molecular flexibility index (Phi) is 24.2. The van der Waals surface area contributed by atoms with E-state index in [2.05, 4.69) is 19.2 Å². The number of amides is 1. The first-order valence-electron chi connectivity index (χ1n) is 24.8. The van der Waals surface area contributed by atoms with Crippen molar-refractivity contribution in [2.75, 3.05) is 12.4 Å². The van der Waals surface area contributed by atoms with Gasteiger partial charge < -0.3 is 50.1 Å². The Morgan fingerprint density at radius 3 is 1.75 bits per heavy atom. The van der Waals surface area contributed by atoms with E-state index >= 15 is 0 Å². The molecule has 0 bridgehead atoms. The number of nitrogens with zero attached hydrogens (tertiary/aromatic N) is 2. The van der Waals surface area contributed by atoms with Gasteiger partial charge in [0.25, 0.3) is 5.91 Å². The van der Waals surface area contributed by atoms with Crippen LogP contribution in [0.25, 0.3) is 39.6 Å². The topological polar surface area (TPSA) is 214 Å². The van der Waals surface area contributed by atoms with E-state index in [1.165, 1.54) is 30.3 Å². The molecule has 6 aromatic rings. The van der Waals surface area contributed by atoms with Gasteiger partial charge in [0.05, 0.1) is 54.4 Å². The molecular weight excluding hydrogens is 972 g/mol. The Balaban J connectivity index is 0.000000328. The van der Waals surface area contributed by atoms with Crippen LogP contribution in [0.3, 0.4) is 0 Å². The number of hydrogen-bond acceptors (Lipinski definition) is 10. The quantitative estimate of drug-likeness (QED) is 0.0365. The number of para-hydroxylation sites is 1. The van der Waals surface area contributed by atoms with Crippen LogP contribution in [0.1, 0.15) is 130 Å². The Morgan fingerprint density at radius 1 is 0.693 bits per heavy atom. The van der Waals surface area contributed by atoms with Crippen molar-refractivity contribution < 1.29 is 88.1 Å². The second-order valence-electron chi connectivity index (χ2n) is 19.2. The van der Waals surface area contributed by atoms with Gasteiger partial charge in [-0.2, -0.15) is 0 Å². The van der Waals surface area contributed by atoms with Gasteiger partial charge in [0.2, 0.25) is 0 Å². The number of aliphatic carboxylic acids is 2. The zero-order valence-corrected chi connectivity index (χ0v) is 46.0. The number of ether oxygens (including phenoxy) is 1. The first kappa shape index (κ1) is 61.7. The molecule has 4 aromatic carbocycles. The first-order chi connectivity index (χ1) is 35.2. The molecule has 0 radical (unpaired) electrons. The molecule has 0 aliphatic carbocycles. The summed E-state index contributed by atoms with van der Waals surface area (Å²) < 4.78 is 35.2. The summed E-state index contributed by atoms with van der Waals surface area (Å²) in [6, 6.07) is 31.0. The van der Waals surface area contributed by atoms with Crippen LogP contribution in [-0.2, 0) is 27.5 Å². The van der Waals surface area contributed by atoms with E-state index in [4.69, 9.17) is 14.8 Å². The number of carbonyl (C=O) groups is 3. The van der Waals surface area contributed by atoms with Crippen molar-refractivity contribution in [3.05, 3.63) is 161 Å². The molecule has 75 heavy (non-hydrogen) atoms.